The van der Waals surface area contributed by atoms with E-state index in [0.717, 1.165) is 19.3 Å². The van der Waals surface area contributed by atoms with Gasteiger partial charge in [-0.15, -0.1) is 0 Å². The summed E-state index contributed by atoms with van der Waals surface area (Å²) in [7, 11) is -2.19. The van der Waals surface area contributed by atoms with Gasteiger partial charge in [0, 0.05) is 23.3 Å². The molecule has 1 aliphatic carbocycles. The summed E-state index contributed by atoms with van der Waals surface area (Å²) in [6, 6.07) is 5.08. The second-order valence-electron chi connectivity index (χ2n) is 4.76. The maximum Gasteiger partial charge on any atom is 0.261 e. The summed E-state index contributed by atoms with van der Waals surface area (Å²) in [6.07, 6.45) is 2.50. The van der Waals surface area contributed by atoms with Gasteiger partial charge in [-0.05, 0) is 43.5 Å². The van der Waals surface area contributed by atoms with Crippen molar-refractivity contribution in [2.24, 2.45) is 0 Å². The minimum Gasteiger partial charge on any atom is -0.207 e. The Balaban J connectivity index is 2.34. The van der Waals surface area contributed by atoms with Crippen LogP contribution in [-0.2, 0) is 19.1 Å². The zero-order chi connectivity index (χ0) is 15.0. The van der Waals surface area contributed by atoms with Crippen molar-refractivity contribution >= 4 is 29.8 Å². The Morgan fingerprint density at radius 3 is 2.00 bits per heavy atom. The SMILES string of the molecule is CCCN(C1CC1)S(=O)(=O)c1ccc(S(=O)(=O)Cl)cc1. The first-order chi connectivity index (χ1) is 9.26. The first kappa shape index (κ1) is 15.8. The lowest BCUT2D eigenvalue weighted by Crippen LogP contribution is -2.33. The van der Waals surface area contributed by atoms with Crippen LogP contribution in [0.2, 0.25) is 0 Å². The third-order valence-corrected chi connectivity index (χ3v) is 6.45. The van der Waals surface area contributed by atoms with E-state index in [4.69, 9.17) is 10.7 Å². The highest BCUT2D eigenvalue weighted by Crippen LogP contribution is 2.32. The van der Waals surface area contributed by atoms with E-state index in [0.29, 0.717) is 6.54 Å². The molecule has 1 saturated carbocycles. The van der Waals surface area contributed by atoms with E-state index < -0.39 is 19.1 Å². The molecular formula is C12H16ClNO4S2. The first-order valence-electron chi connectivity index (χ1n) is 6.33. The van der Waals surface area contributed by atoms with Gasteiger partial charge in [0.15, 0.2) is 0 Å². The number of benzene rings is 1. The highest BCUT2D eigenvalue weighted by atomic mass is 35.7. The molecule has 2 rings (SSSR count). The topological polar surface area (TPSA) is 71.5 Å². The van der Waals surface area contributed by atoms with Crippen LogP contribution in [0.15, 0.2) is 34.1 Å². The Labute approximate surface area is 124 Å². The number of nitrogens with zero attached hydrogens (tertiary/aromatic N) is 1. The van der Waals surface area contributed by atoms with Crippen LogP contribution in [0.5, 0.6) is 0 Å². The van der Waals surface area contributed by atoms with Crippen molar-refractivity contribution in [1.82, 2.24) is 4.31 Å². The molecule has 1 aromatic rings. The van der Waals surface area contributed by atoms with E-state index in [1.807, 2.05) is 6.92 Å². The van der Waals surface area contributed by atoms with Crippen LogP contribution in [0.3, 0.4) is 0 Å². The molecule has 0 aliphatic heterocycles. The molecule has 8 heteroatoms. The summed E-state index contributed by atoms with van der Waals surface area (Å²) in [5.74, 6) is 0. The molecule has 1 aliphatic rings. The average Bonchev–Trinajstić information content (AvgIpc) is 3.19. The number of hydrogen-bond donors (Lipinski definition) is 0. The van der Waals surface area contributed by atoms with Crippen molar-refractivity contribution in [3.05, 3.63) is 24.3 Å². The maximum absolute atomic E-state index is 12.5. The summed E-state index contributed by atoms with van der Waals surface area (Å²) >= 11 is 0. The van der Waals surface area contributed by atoms with Crippen molar-refractivity contribution in [3.8, 4) is 0 Å². The zero-order valence-corrected chi connectivity index (χ0v) is 13.4. The minimum absolute atomic E-state index is 0.0800. The molecule has 0 atom stereocenters. The predicted molar refractivity (Wildman–Crippen MR) is 76.7 cm³/mol. The van der Waals surface area contributed by atoms with E-state index in [1.165, 1.54) is 28.6 Å². The van der Waals surface area contributed by atoms with Gasteiger partial charge in [-0.1, -0.05) is 6.92 Å². The standard InChI is InChI=1S/C12H16ClNO4S2/c1-2-9-14(10-3-4-10)20(17,18)12-7-5-11(6-8-12)19(13,15)16/h5-8,10H,2-4,9H2,1H3. The molecule has 1 aromatic carbocycles. The fraction of sp³-hybridized carbons (Fsp3) is 0.500. The molecule has 0 spiro atoms. The first-order valence-corrected chi connectivity index (χ1v) is 10.1. The fourth-order valence-electron chi connectivity index (χ4n) is 1.99. The van der Waals surface area contributed by atoms with Gasteiger partial charge in [-0.25, -0.2) is 16.8 Å². The van der Waals surface area contributed by atoms with Crippen LogP contribution >= 0.6 is 10.7 Å². The molecule has 0 amide bonds. The Hall–Kier alpha value is -0.630. The molecule has 0 aromatic heterocycles. The van der Waals surface area contributed by atoms with E-state index in [2.05, 4.69) is 0 Å². The second-order valence-corrected chi connectivity index (χ2v) is 9.21. The smallest absolute Gasteiger partial charge is 0.207 e. The molecule has 0 unspecified atom stereocenters. The van der Waals surface area contributed by atoms with Gasteiger partial charge in [0.25, 0.3) is 9.05 Å². The van der Waals surface area contributed by atoms with Crippen molar-refractivity contribution in [2.75, 3.05) is 6.54 Å². The van der Waals surface area contributed by atoms with Crippen molar-refractivity contribution in [1.29, 1.82) is 0 Å². The second kappa shape index (κ2) is 5.63. The van der Waals surface area contributed by atoms with E-state index in [9.17, 15) is 16.8 Å². The number of hydrogen-bond acceptors (Lipinski definition) is 4. The summed E-state index contributed by atoms with van der Waals surface area (Å²) < 4.78 is 48.8. The van der Waals surface area contributed by atoms with Crippen LogP contribution in [0, 0.1) is 0 Å². The number of rotatable bonds is 6. The van der Waals surface area contributed by atoms with Crippen molar-refractivity contribution < 1.29 is 16.8 Å². The maximum atomic E-state index is 12.5. The summed E-state index contributed by atoms with van der Waals surface area (Å²) in [6.45, 7) is 2.40. The normalized spacial score (nSPS) is 16.6. The van der Waals surface area contributed by atoms with Gasteiger partial charge < -0.3 is 0 Å². The lowest BCUT2D eigenvalue weighted by molar-refractivity contribution is 0.403. The van der Waals surface area contributed by atoms with Crippen LogP contribution in [0.25, 0.3) is 0 Å². The highest BCUT2D eigenvalue weighted by Gasteiger charge is 2.37. The largest absolute Gasteiger partial charge is 0.261 e. The number of sulfonamides is 1. The van der Waals surface area contributed by atoms with Gasteiger partial charge in [-0.2, -0.15) is 4.31 Å². The molecule has 112 valence electrons. The van der Waals surface area contributed by atoms with E-state index >= 15 is 0 Å². The Kier molecular flexibility index (Phi) is 4.44. The molecular weight excluding hydrogens is 322 g/mol. The Morgan fingerprint density at radius 1 is 1.10 bits per heavy atom. The molecule has 0 heterocycles. The summed E-state index contributed by atoms with van der Waals surface area (Å²) in [4.78, 5) is -0.00602. The molecule has 0 saturated heterocycles. The zero-order valence-electron chi connectivity index (χ0n) is 11.0. The lowest BCUT2D eigenvalue weighted by atomic mass is 10.4. The van der Waals surface area contributed by atoms with Crippen LogP contribution in [0.4, 0.5) is 0 Å². The third-order valence-electron chi connectivity index (χ3n) is 3.11. The minimum atomic E-state index is -3.84. The molecule has 0 N–H and O–H groups in total. The van der Waals surface area contributed by atoms with Gasteiger partial charge >= 0.3 is 0 Å². The molecule has 1 fully saturated rings. The monoisotopic (exact) mass is 337 g/mol. The summed E-state index contributed by atoms with van der Waals surface area (Å²) in [5, 5.41) is 0. The Bertz CT molecular complexity index is 679. The van der Waals surface area contributed by atoms with Crippen LogP contribution < -0.4 is 0 Å². The Morgan fingerprint density at radius 2 is 1.60 bits per heavy atom. The van der Waals surface area contributed by atoms with Crippen LogP contribution in [0.1, 0.15) is 26.2 Å². The van der Waals surface area contributed by atoms with Crippen molar-refractivity contribution in [2.45, 2.75) is 42.0 Å². The van der Waals surface area contributed by atoms with Gasteiger partial charge in [0.05, 0.1) is 9.79 Å². The van der Waals surface area contributed by atoms with Crippen molar-refractivity contribution in [3.63, 3.8) is 0 Å². The average molecular weight is 338 g/mol. The predicted octanol–water partition coefficient (Wildman–Crippen LogP) is 2.18. The van der Waals surface area contributed by atoms with Gasteiger partial charge in [-0.3, -0.25) is 0 Å². The molecule has 5 nitrogen and oxygen atoms in total. The van der Waals surface area contributed by atoms with E-state index in [-0.39, 0.29) is 15.8 Å². The van der Waals surface area contributed by atoms with Gasteiger partial charge in [0.1, 0.15) is 0 Å². The molecule has 20 heavy (non-hydrogen) atoms. The van der Waals surface area contributed by atoms with Gasteiger partial charge in [0.2, 0.25) is 10.0 Å². The van der Waals surface area contributed by atoms with Crippen LogP contribution in [-0.4, -0.2) is 33.7 Å². The molecule has 0 radical (unpaired) electrons. The number of halogens is 1. The third kappa shape index (κ3) is 3.33. The highest BCUT2D eigenvalue weighted by molar-refractivity contribution is 8.13. The quantitative estimate of drug-likeness (QED) is 0.746. The fourth-order valence-corrected chi connectivity index (χ4v) is 4.54. The molecule has 0 bridgehead atoms. The van der Waals surface area contributed by atoms with E-state index in [1.54, 1.807) is 0 Å². The summed E-state index contributed by atoms with van der Waals surface area (Å²) in [5.41, 5.74) is 0. The lowest BCUT2D eigenvalue weighted by Gasteiger charge is -2.21.